The molecule has 0 radical (unpaired) electrons. The second kappa shape index (κ2) is 3.61. The fourth-order valence-corrected chi connectivity index (χ4v) is 1.38. The molecule has 0 amide bonds. The SMILES string of the molecule is Cc1cc(-c2ccco2)ccc(=O)c1O. The molecule has 3 nitrogen and oxygen atoms in total. The predicted octanol–water partition coefficient (Wildman–Crippen LogP) is 2.32. The molecule has 3 heteroatoms. The highest BCUT2D eigenvalue weighted by atomic mass is 16.3. The van der Waals surface area contributed by atoms with E-state index in [0.29, 0.717) is 11.3 Å². The average molecular weight is 202 g/mol. The van der Waals surface area contributed by atoms with Gasteiger partial charge in [0, 0.05) is 5.56 Å². The summed E-state index contributed by atoms with van der Waals surface area (Å²) in [5.41, 5.74) is 0.927. The number of aromatic hydroxyl groups is 1. The lowest BCUT2D eigenvalue weighted by molar-refractivity contribution is 0.467. The van der Waals surface area contributed by atoms with E-state index < -0.39 is 0 Å². The Balaban J connectivity index is 2.68. The summed E-state index contributed by atoms with van der Waals surface area (Å²) < 4.78 is 5.21. The minimum Gasteiger partial charge on any atom is -0.504 e. The maximum Gasteiger partial charge on any atom is 0.220 e. The van der Waals surface area contributed by atoms with E-state index in [9.17, 15) is 9.90 Å². The number of hydrogen-bond donors (Lipinski definition) is 1. The Hall–Kier alpha value is -2.03. The van der Waals surface area contributed by atoms with E-state index in [1.165, 1.54) is 6.07 Å². The highest BCUT2D eigenvalue weighted by molar-refractivity contribution is 5.58. The number of rotatable bonds is 1. The lowest BCUT2D eigenvalue weighted by Crippen LogP contribution is -1.93. The summed E-state index contributed by atoms with van der Waals surface area (Å²) >= 11 is 0. The third-order valence-electron chi connectivity index (χ3n) is 2.20. The summed E-state index contributed by atoms with van der Waals surface area (Å²) in [7, 11) is 0. The second-order valence-electron chi connectivity index (χ2n) is 3.31. The van der Waals surface area contributed by atoms with Crippen molar-refractivity contribution in [3.8, 4) is 17.1 Å². The third kappa shape index (κ3) is 1.76. The van der Waals surface area contributed by atoms with Crippen LogP contribution in [0.1, 0.15) is 5.56 Å². The monoisotopic (exact) mass is 202 g/mol. The van der Waals surface area contributed by atoms with Crippen LogP contribution in [0.3, 0.4) is 0 Å². The smallest absolute Gasteiger partial charge is 0.220 e. The van der Waals surface area contributed by atoms with Crippen molar-refractivity contribution < 1.29 is 9.52 Å². The molecule has 0 aliphatic rings. The minimum absolute atomic E-state index is 0.215. The van der Waals surface area contributed by atoms with Gasteiger partial charge >= 0.3 is 0 Å². The van der Waals surface area contributed by atoms with Gasteiger partial charge in [0.2, 0.25) is 5.43 Å². The molecular weight excluding hydrogens is 192 g/mol. The number of hydrogen-bond acceptors (Lipinski definition) is 3. The molecule has 0 atom stereocenters. The van der Waals surface area contributed by atoms with Crippen LogP contribution in [0.15, 0.2) is 45.8 Å². The zero-order valence-electron chi connectivity index (χ0n) is 8.23. The lowest BCUT2D eigenvalue weighted by atomic mass is 10.2. The molecule has 1 aromatic heterocycles. The number of furan rings is 1. The molecule has 2 rings (SSSR count). The third-order valence-corrected chi connectivity index (χ3v) is 2.20. The Labute approximate surface area is 86.6 Å². The van der Waals surface area contributed by atoms with Crippen molar-refractivity contribution in [1.82, 2.24) is 0 Å². The van der Waals surface area contributed by atoms with Gasteiger partial charge in [0.05, 0.1) is 6.26 Å². The van der Waals surface area contributed by atoms with Crippen molar-refractivity contribution in [2.45, 2.75) is 6.92 Å². The molecule has 0 unspecified atom stereocenters. The van der Waals surface area contributed by atoms with Gasteiger partial charge in [-0.15, -0.1) is 0 Å². The number of aryl methyl sites for hydroxylation is 1. The minimum atomic E-state index is -0.384. The van der Waals surface area contributed by atoms with Crippen LogP contribution >= 0.6 is 0 Å². The van der Waals surface area contributed by atoms with E-state index in [-0.39, 0.29) is 11.2 Å². The van der Waals surface area contributed by atoms with Gasteiger partial charge in [-0.05, 0) is 42.8 Å². The van der Waals surface area contributed by atoms with Crippen molar-refractivity contribution in [2.75, 3.05) is 0 Å². The molecular formula is C12H10O3. The molecule has 76 valence electrons. The molecule has 1 heterocycles. The van der Waals surface area contributed by atoms with E-state index in [0.717, 1.165) is 5.56 Å². The van der Waals surface area contributed by atoms with Crippen LogP contribution in [0.2, 0.25) is 0 Å². The van der Waals surface area contributed by atoms with Crippen LogP contribution in [0.5, 0.6) is 5.75 Å². The summed E-state index contributed by atoms with van der Waals surface area (Å²) in [6.07, 6.45) is 1.57. The molecule has 1 N–H and O–H groups in total. The van der Waals surface area contributed by atoms with Gasteiger partial charge in [-0.2, -0.15) is 0 Å². The molecule has 0 bridgehead atoms. The maximum atomic E-state index is 11.3. The van der Waals surface area contributed by atoms with Gasteiger partial charge < -0.3 is 9.52 Å². The topological polar surface area (TPSA) is 50.4 Å². The van der Waals surface area contributed by atoms with Crippen molar-refractivity contribution in [3.05, 3.63) is 52.4 Å². The van der Waals surface area contributed by atoms with Crippen LogP contribution in [0.25, 0.3) is 11.3 Å². The van der Waals surface area contributed by atoms with Crippen molar-refractivity contribution >= 4 is 0 Å². The molecule has 0 spiro atoms. The Morgan fingerprint density at radius 3 is 2.73 bits per heavy atom. The highest BCUT2D eigenvalue weighted by Gasteiger charge is 2.03. The molecule has 0 saturated heterocycles. The molecule has 15 heavy (non-hydrogen) atoms. The zero-order chi connectivity index (χ0) is 10.8. The van der Waals surface area contributed by atoms with E-state index in [4.69, 9.17) is 4.42 Å². The lowest BCUT2D eigenvalue weighted by Gasteiger charge is -1.92. The van der Waals surface area contributed by atoms with Crippen LogP contribution < -0.4 is 5.43 Å². The van der Waals surface area contributed by atoms with Crippen LogP contribution in [-0.4, -0.2) is 5.11 Å². The van der Waals surface area contributed by atoms with Gasteiger partial charge in [-0.3, -0.25) is 4.79 Å². The Morgan fingerprint density at radius 1 is 1.27 bits per heavy atom. The summed E-state index contributed by atoms with van der Waals surface area (Å²) in [6, 6.07) is 8.26. The molecule has 2 aromatic rings. The molecule has 1 aromatic carbocycles. The van der Waals surface area contributed by atoms with Gasteiger partial charge in [-0.1, -0.05) is 0 Å². The predicted molar refractivity (Wildman–Crippen MR) is 56.8 cm³/mol. The van der Waals surface area contributed by atoms with Crippen LogP contribution in [-0.2, 0) is 0 Å². The van der Waals surface area contributed by atoms with Crippen molar-refractivity contribution in [1.29, 1.82) is 0 Å². The van der Waals surface area contributed by atoms with Gasteiger partial charge in [0.25, 0.3) is 0 Å². The highest BCUT2D eigenvalue weighted by Crippen LogP contribution is 2.21. The molecule has 0 fully saturated rings. The van der Waals surface area contributed by atoms with Crippen molar-refractivity contribution in [2.24, 2.45) is 0 Å². The quantitative estimate of drug-likeness (QED) is 0.772. The van der Waals surface area contributed by atoms with Gasteiger partial charge in [0.1, 0.15) is 5.76 Å². The van der Waals surface area contributed by atoms with E-state index in [1.807, 2.05) is 0 Å². The summed E-state index contributed by atoms with van der Waals surface area (Å²) in [5.74, 6) is 0.459. The van der Waals surface area contributed by atoms with Crippen molar-refractivity contribution in [3.63, 3.8) is 0 Å². The fourth-order valence-electron chi connectivity index (χ4n) is 1.38. The standard InChI is InChI=1S/C12H10O3/c1-8-7-9(11-3-2-6-15-11)4-5-10(13)12(8)14/h2-7H,1H3,(H,13,14). The van der Waals surface area contributed by atoms with Gasteiger partial charge in [-0.25, -0.2) is 0 Å². The Bertz CT molecular complexity index is 527. The molecule has 0 aliphatic carbocycles. The Morgan fingerprint density at radius 2 is 2.07 bits per heavy atom. The average Bonchev–Trinajstić information content (AvgIpc) is 2.71. The first-order valence-electron chi connectivity index (χ1n) is 4.56. The largest absolute Gasteiger partial charge is 0.504 e. The maximum absolute atomic E-state index is 11.3. The molecule has 0 aliphatic heterocycles. The van der Waals surface area contributed by atoms with Crippen LogP contribution in [0.4, 0.5) is 0 Å². The summed E-state index contributed by atoms with van der Waals surface area (Å²) in [5, 5.41) is 9.45. The first kappa shape index (κ1) is 9.52. The summed E-state index contributed by atoms with van der Waals surface area (Å²) in [4.78, 5) is 11.3. The first-order valence-corrected chi connectivity index (χ1v) is 4.56. The van der Waals surface area contributed by atoms with E-state index in [1.54, 1.807) is 37.5 Å². The van der Waals surface area contributed by atoms with E-state index in [2.05, 4.69) is 0 Å². The molecule has 0 saturated carbocycles. The van der Waals surface area contributed by atoms with E-state index >= 15 is 0 Å². The van der Waals surface area contributed by atoms with Crippen LogP contribution in [0, 0.1) is 6.92 Å². The zero-order valence-corrected chi connectivity index (χ0v) is 8.23. The fraction of sp³-hybridized carbons (Fsp3) is 0.0833. The second-order valence-corrected chi connectivity index (χ2v) is 3.31. The first-order chi connectivity index (χ1) is 7.18. The normalized spacial score (nSPS) is 10.2. The Kier molecular flexibility index (Phi) is 2.29. The summed E-state index contributed by atoms with van der Waals surface area (Å²) in [6.45, 7) is 1.68. The van der Waals surface area contributed by atoms with Gasteiger partial charge in [0.15, 0.2) is 5.75 Å².